The van der Waals surface area contributed by atoms with Crippen LogP contribution in [0.5, 0.6) is 0 Å². The zero-order valence-electron chi connectivity index (χ0n) is 14.1. The number of aryl methyl sites for hydroxylation is 2. The van der Waals surface area contributed by atoms with Gasteiger partial charge in [-0.05, 0) is 26.7 Å². The minimum Gasteiger partial charge on any atom is -0.385 e. The number of nitrogens with one attached hydrogen (secondary N) is 2. The van der Waals surface area contributed by atoms with E-state index in [1.807, 2.05) is 0 Å². The first-order valence-corrected chi connectivity index (χ1v) is 8.49. The Labute approximate surface area is 155 Å². The summed E-state index contributed by atoms with van der Waals surface area (Å²) >= 11 is 1.80. The Morgan fingerprint density at radius 2 is 2.09 bits per heavy atom. The topological polar surface area (TPSA) is 58.5 Å². The van der Waals surface area contributed by atoms with Crippen molar-refractivity contribution in [2.45, 2.75) is 40.0 Å². The Morgan fingerprint density at radius 3 is 2.68 bits per heavy atom. The van der Waals surface area contributed by atoms with Crippen LogP contribution in [-0.4, -0.2) is 44.3 Å². The highest BCUT2D eigenvalue weighted by molar-refractivity contribution is 14.0. The minimum atomic E-state index is 0. The monoisotopic (exact) mass is 440 g/mol. The molecule has 1 rings (SSSR count). The predicted octanol–water partition coefficient (Wildman–Crippen LogP) is 2.77. The van der Waals surface area contributed by atoms with Gasteiger partial charge >= 0.3 is 0 Å². The molecule has 0 saturated carbocycles. The fraction of sp³-hybridized carbons (Fsp3) is 0.733. The molecular formula is C15H29IN4OS. The lowest BCUT2D eigenvalue weighted by Crippen LogP contribution is -2.38. The van der Waals surface area contributed by atoms with Gasteiger partial charge in [0, 0.05) is 44.6 Å². The summed E-state index contributed by atoms with van der Waals surface area (Å²) in [5.41, 5.74) is 1.23. The third kappa shape index (κ3) is 8.28. The fourth-order valence-corrected chi connectivity index (χ4v) is 2.97. The van der Waals surface area contributed by atoms with E-state index >= 15 is 0 Å². The van der Waals surface area contributed by atoms with Gasteiger partial charge in [-0.15, -0.1) is 35.3 Å². The van der Waals surface area contributed by atoms with Crippen molar-refractivity contribution in [3.63, 3.8) is 0 Å². The third-order valence-corrected chi connectivity index (χ3v) is 4.10. The maximum Gasteiger partial charge on any atom is 0.191 e. The molecule has 1 aromatic heterocycles. The summed E-state index contributed by atoms with van der Waals surface area (Å²) in [5, 5.41) is 7.81. The molecule has 0 aromatic carbocycles. The molecule has 0 radical (unpaired) electrons. The first-order valence-electron chi connectivity index (χ1n) is 7.67. The van der Waals surface area contributed by atoms with Crippen molar-refractivity contribution in [1.29, 1.82) is 0 Å². The summed E-state index contributed by atoms with van der Waals surface area (Å²) in [5.74, 6) is 0.873. The average Bonchev–Trinajstić information content (AvgIpc) is 2.83. The number of methoxy groups -OCH3 is 1. The molecule has 128 valence electrons. The van der Waals surface area contributed by atoms with E-state index in [1.54, 1.807) is 18.4 Å². The molecule has 0 amide bonds. The number of nitrogens with zero attached hydrogens (tertiary/aromatic N) is 2. The number of thiazole rings is 1. The number of aliphatic imine (C=N–C) groups is 1. The molecule has 1 aromatic rings. The number of hydrogen-bond acceptors (Lipinski definition) is 4. The van der Waals surface area contributed by atoms with Gasteiger partial charge in [0.2, 0.25) is 0 Å². The normalized spacial score (nSPS) is 11.2. The Morgan fingerprint density at radius 1 is 1.32 bits per heavy atom. The van der Waals surface area contributed by atoms with Crippen molar-refractivity contribution in [3.8, 4) is 0 Å². The number of aromatic nitrogens is 1. The molecule has 1 heterocycles. The quantitative estimate of drug-likeness (QED) is 0.268. The standard InChI is InChI=1S/C15H28N4OS.HI/c1-5-13-12(3)21-14(19-13)8-10-18-15(16-6-2)17-9-7-11-20-4;/h5-11H2,1-4H3,(H2,16,17,18);1H. The van der Waals surface area contributed by atoms with Crippen molar-refractivity contribution >= 4 is 41.3 Å². The van der Waals surface area contributed by atoms with Gasteiger partial charge in [-0.25, -0.2) is 4.98 Å². The lowest BCUT2D eigenvalue weighted by molar-refractivity contribution is 0.197. The summed E-state index contributed by atoms with van der Waals surface area (Å²) in [6.45, 7) is 9.62. The van der Waals surface area contributed by atoms with Crippen molar-refractivity contribution in [1.82, 2.24) is 15.6 Å². The highest BCUT2D eigenvalue weighted by Crippen LogP contribution is 2.17. The molecule has 0 aliphatic rings. The molecule has 0 aliphatic carbocycles. The molecule has 0 unspecified atom stereocenters. The van der Waals surface area contributed by atoms with Gasteiger partial charge in [-0.3, -0.25) is 4.99 Å². The van der Waals surface area contributed by atoms with E-state index in [0.29, 0.717) is 0 Å². The zero-order valence-corrected chi connectivity index (χ0v) is 17.2. The highest BCUT2D eigenvalue weighted by Gasteiger charge is 2.05. The second-order valence-electron chi connectivity index (χ2n) is 4.75. The summed E-state index contributed by atoms with van der Waals surface area (Å²) in [7, 11) is 1.72. The van der Waals surface area contributed by atoms with Gasteiger partial charge in [0.15, 0.2) is 5.96 Å². The Balaban J connectivity index is 0.00000441. The Bertz CT molecular complexity index is 437. The van der Waals surface area contributed by atoms with E-state index < -0.39 is 0 Å². The van der Waals surface area contributed by atoms with Crippen LogP contribution in [0.15, 0.2) is 4.99 Å². The van der Waals surface area contributed by atoms with Gasteiger partial charge in [-0.2, -0.15) is 0 Å². The van der Waals surface area contributed by atoms with Crippen LogP contribution in [0.4, 0.5) is 0 Å². The smallest absolute Gasteiger partial charge is 0.191 e. The van der Waals surface area contributed by atoms with Gasteiger partial charge in [0.25, 0.3) is 0 Å². The van der Waals surface area contributed by atoms with Crippen molar-refractivity contribution in [3.05, 3.63) is 15.6 Å². The van der Waals surface area contributed by atoms with Crippen molar-refractivity contribution in [2.24, 2.45) is 4.99 Å². The SMILES string of the molecule is CCNC(=NCCCOC)NCCc1nc(CC)c(C)s1.I. The molecule has 0 atom stereocenters. The number of rotatable bonds is 9. The van der Waals surface area contributed by atoms with E-state index in [0.717, 1.165) is 51.5 Å². The molecule has 0 bridgehead atoms. The maximum atomic E-state index is 5.03. The van der Waals surface area contributed by atoms with Crippen LogP contribution in [0.2, 0.25) is 0 Å². The second-order valence-corrected chi connectivity index (χ2v) is 6.04. The van der Waals surface area contributed by atoms with Crippen LogP contribution in [0.3, 0.4) is 0 Å². The number of hydrogen-bond donors (Lipinski definition) is 2. The average molecular weight is 440 g/mol. The van der Waals surface area contributed by atoms with Gasteiger partial charge in [-0.1, -0.05) is 6.92 Å². The summed E-state index contributed by atoms with van der Waals surface area (Å²) < 4.78 is 5.03. The van der Waals surface area contributed by atoms with E-state index in [1.165, 1.54) is 15.6 Å². The fourth-order valence-electron chi connectivity index (χ4n) is 1.95. The first kappa shape index (κ1) is 21.6. The molecule has 0 aliphatic heterocycles. The lowest BCUT2D eigenvalue weighted by atomic mass is 10.3. The van der Waals surface area contributed by atoms with E-state index in [2.05, 4.69) is 41.4 Å². The molecule has 0 saturated heterocycles. The highest BCUT2D eigenvalue weighted by atomic mass is 127. The van der Waals surface area contributed by atoms with Crippen LogP contribution >= 0.6 is 35.3 Å². The van der Waals surface area contributed by atoms with Gasteiger partial charge in [0.1, 0.15) is 0 Å². The molecule has 0 spiro atoms. The molecule has 5 nitrogen and oxygen atoms in total. The van der Waals surface area contributed by atoms with Gasteiger partial charge < -0.3 is 15.4 Å². The molecular weight excluding hydrogens is 411 g/mol. The summed E-state index contributed by atoms with van der Waals surface area (Å²) in [6, 6.07) is 0. The van der Waals surface area contributed by atoms with Crippen molar-refractivity contribution < 1.29 is 4.74 Å². The summed E-state index contributed by atoms with van der Waals surface area (Å²) in [6.07, 6.45) is 2.89. The molecule has 22 heavy (non-hydrogen) atoms. The zero-order chi connectivity index (χ0) is 15.5. The van der Waals surface area contributed by atoms with Crippen molar-refractivity contribution in [2.75, 3.05) is 33.4 Å². The minimum absolute atomic E-state index is 0. The van der Waals surface area contributed by atoms with Gasteiger partial charge in [0.05, 0.1) is 10.7 Å². The lowest BCUT2D eigenvalue weighted by Gasteiger charge is -2.10. The number of guanidine groups is 1. The van der Waals surface area contributed by atoms with Crippen LogP contribution < -0.4 is 10.6 Å². The molecule has 0 fully saturated rings. The Kier molecular flexibility index (Phi) is 12.8. The van der Waals surface area contributed by atoms with Crippen LogP contribution in [-0.2, 0) is 17.6 Å². The van der Waals surface area contributed by atoms with E-state index in [-0.39, 0.29) is 24.0 Å². The third-order valence-electron chi connectivity index (χ3n) is 3.02. The van der Waals surface area contributed by atoms with Crippen LogP contribution in [0.1, 0.15) is 35.8 Å². The predicted molar refractivity (Wildman–Crippen MR) is 106 cm³/mol. The van der Waals surface area contributed by atoms with E-state index in [9.17, 15) is 0 Å². The maximum absolute atomic E-state index is 5.03. The van der Waals surface area contributed by atoms with Crippen LogP contribution in [0.25, 0.3) is 0 Å². The first-order chi connectivity index (χ1) is 10.2. The summed E-state index contributed by atoms with van der Waals surface area (Å²) in [4.78, 5) is 10.5. The van der Waals surface area contributed by atoms with Crippen LogP contribution in [0, 0.1) is 6.92 Å². The number of halogens is 1. The largest absolute Gasteiger partial charge is 0.385 e. The molecule has 7 heteroatoms. The second kappa shape index (κ2) is 13.1. The Hall–Kier alpha value is -0.410. The number of ether oxygens (including phenoxy) is 1. The van der Waals surface area contributed by atoms with E-state index in [4.69, 9.17) is 4.74 Å². The molecule has 2 N–H and O–H groups in total.